The second-order valence-corrected chi connectivity index (χ2v) is 6.56. The lowest BCUT2D eigenvalue weighted by atomic mass is 10.1. The number of morpholine rings is 1. The maximum atomic E-state index is 11.5. The van der Waals surface area contributed by atoms with E-state index in [1.54, 1.807) is 0 Å². The Hall–Kier alpha value is -0.910. The molecule has 0 radical (unpaired) electrons. The van der Waals surface area contributed by atoms with Gasteiger partial charge in [0.1, 0.15) is 0 Å². The zero-order chi connectivity index (χ0) is 13.2. The van der Waals surface area contributed by atoms with Crippen LogP contribution >= 0.6 is 0 Å². The van der Waals surface area contributed by atoms with E-state index in [4.69, 9.17) is 4.74 Å². The lowest BCUT2D eigenvalue weighted by molar-refractivity contribution is -0.00235. The van der Waals surface area contributed by atoms with Gasteiger partial charge < -0.3 is 4.74 Å². The van der Waals surface area contributed by atoms with Crippen LogP contribution in [-0.2, 0) is 21.2 Å². The van der Waals surface area contributed by atoms with E-state index in [9.17, 15) is 8.42 Å². The lowest BCUT2D eigenvalue weighted by Gasteiger charge is -2.31. The van der Waals surface area contributed by atoms with Crippen molar-refractivity contribution in [1.29, 1.82) is 0 Å². The van der Waals surface area contributed by atoms with Crippen LogP contribution in [0.15, 0.2) is 24.3 Å². The zero-order valence-electron chi connectivity index (χ0n) is 10.8. The number of aryl methyl sites for hydroxylation is 1. The molecule has 1 aliphatic rings. The first kappa shape index (κ1) is 13.5. The van der Waals surface area contributed by atoms with Crippen molar-refractivity contribution in [2.75, 3.05) is 26.0 Å². The van der Waals surface area contributed by atoms with Gasteiger partial charge in [-0.05, 0) is 17.5 Å². The Morgan fingerprint density at radius 3 is 2.56 bits per heavy atom. The van der Waals surface area contributed by atoms with Gasteiger partial charge in [0.2, 0.25) is 10.0 Å². The average molecular weight is 269 g/mol. The number of benzene rings is 1. The summed E-state index contributed by atoms with van der Waals surface area (Å²) in [5, 5.41) is 0. The molecule has 0 aromatic heterocycles. The maximum absolute atomic E-state index is 11.5. The summed E-state index contributed by atoms with van der Waals surface area (Å²) in [5.41, 5.74) is 2.31. The van der Waals surface area contributed by atoms with Gasteiger partial charge in [-0.3, -0.25) is 0 Å². The van der Waals surface area contributed by atoms with Crippen LogP contribution in [0.4, 0.5) is 0 Å². The largest absolute Gasteiger partial charge is 0.371 e. The van der Waals surface area contributed by atoms with Gasteiger partial charge in [-0.2, -0.15) is 4.31 Å². The Balaban J connectivity index is 2.13. The molecule has 5 heteroatoms. The Kier molecular flexibility index (Phi) is 4.04. The smallest absolute Gasteiger partial charge is 0.211 e. The van der Waals surface area contributed by atoms with Gasteiger partial charge in [0.25, 0.3) is 0 Å². The van der Waals surface area contributed by atoms with E-state index in [0.29, 0.717) is 19.7 Å². The maximum Gasteiger partial charge on any atom is 0.211 e. The number of rotatable bonds is 3. The van der Waals surface area contributed by atoms with Crippen LogP contribution in [0.3, 0.4) is 0 Å². The topological polar surface area (TPSA) is 46.6 Å². The summed E-state index contributed by atoms with van der Waals surface area (Å²) in [6, 6.07) is 8.18. The zero-order valence-corrected chi connectivity index (χ0v) is 11.6. The summed E-state index contributed by atoms with van der Waals surface area (Å²) in [7, 11) is -3.13. The highest BCUT2D eigenvalue weighted by Crippen LogP contribution is 2.23. The highest BCUT2D eigenvalue weighted by Gasteiger charge is 2.27. The Labute approximate surface area is 109 Å². The van der Waals surface area contributed by atoms with Gasteiger partial charge in [0.05, 0.1) is 19.0 Å². The predicted molar refractivity (Wildman–Crippen MR) is 70.9 cm³/mol. The number of hydrogen-bond donors (Lipinski definition) is 0. The van der Waals surface area contributed by atoms with Crippen molar-refractivity contribution in [3.63, 3.8) is 0 Å². The van der Waals surface area contributed by atoms with Crippen LogP contribution in [0.25, 0.3) is 0 Å². The van der Waals surface area contributed by atoms with Crippen LogP contribution in [-0.4, -0.2) is 38.7 Å². The lowest BCUT2D eigenvalue weighted by Crippen LogP contribution is -2.41. The van der Waals surface area contributed by atoms with E-state index in [1.165, 1.54) is 16.1 Å². The summed E-state index contributed by atoms with van der Waals surface area (Å²) in [4.78, 5) is 0. The van der Waals surface area contributed by atoms with Gasteiger partial charge in [0, 0.05) is 13.1 Å². The van der Waals surface area contributed by atoms with Gasteiger partial charge in [-0.25, -0.2) is 8.42 Å². The summed E-state index contributed by atoms with van der Waals surface area (Å²) in [5.74, 6) is 0. The Morgan fingerprint density at radius 2 is 2.00 bits per heavy atom. The fourth-order valence-corrected chi connectivity index (χ4v) is 2.91. The third-order valence-corrected chi connectivity index (χ3v) is 4.53. The predicted octanol–water partition coefficient (Wildman–Crippen LogP) is 1.58. The summed E-state index contributed by atoms with van der Waals surface area (Å²) < 4.78 is 30.2. The third-order valence-electron chi connectivity index (χ3n) is 3.26. The van der Waals surface area contributed by atoms with Gasteiger partial charge >= 0.3 is 0 Å². The standard InChI is InChI=1S/C13H19NO3S/c1-3-11-4-6-12(7-5-11)13-10-14(8-9-17-13)18(2,15)16/h4-7,13H,3,8-10H2,1-2H3. The van der Waals surface area contributed by atoms with Gasteiger partial charge in [-0.15, -0.1) is 0 Å². The van der Waals surface area contributed by atoms with E-state index < -0.39 is 10.0 Å². The molecule has 0 amide bonds. The van der Waals surface area contributed by atoms with E-state index in [1.807, 2.05) is 12.1 Å². The molecule has 1 atom stereocenters. The van der Waals surface area contributed by atoms with Crippen molar-refractivity contribution in [1.82, 2.24) is 4.31 Å². The molecule has 0 spiro atoms. The molecular formula is C13H19NO3S. The first-order chi connectivity index (χ1) is 8.50. The van der Waals surface area contributed by atoms with Crippen molar-refractivity contribution in [2.24, 2.45) is 0 Å². The van der Waals surface area contributed by atoms with Crippen molar-refractivity contribution in [3.05, 3.63) is 35.4 Å². The van der Waals surface area contributed by atoms with Crippen molar-refractivity contribution in [2.45, 2.75) is 19.4 Å². The second kappa shape index (κ2) is 5.38. The molecule has 1 aliphatic heterocycles. The molecule has 18 heavy (non-hydrogen) atoms. The van der Waals surface area contributed by atoms with E-state index in [2.05, 4.69) is 19.1 Å². The Bertz CT molecular complexity index is 495. The quantitative estimate of drug-likeness (QED) is 0.837. The molecule has 1 aromatic rings. The SMILES string of the molecule is CCc1ccc(C2CN(S(C)(=O)=O)CCO2)cc1. The molecular weight excluding hydrogens is 250 g/mol. The number of ether oxygens (including phenoxy) is 1. The minimum absolute atomic E-state index is 0.153. The number of sulfonamides is 1. The van der Waals surface area contributed by atoms with Crippen LogP contribution in [0.1, 0.15) is 24.2 Å². The molecule has 1 saturated heterocycles. The molecule has 1 heterocycles. The molecule has 4 nitrogen and oxygen atoms in total. The van der Waals surface area contributed by atoms with Crippen LogP contribution in [0.5, 0.6) is 0 Å². The van der Waals surface area contributed by atoms with E-state index in [-0.39, 0.29) is 6.10 Å². The van der Waals surface area contributed by atoms with E-state index >= 15 is 0 Å². The van der Waals surface area contributed by atoms with Crippen molar-refractivity contribution in [3.8, 4) is 0 Å². The van der Waals surface area contributed by atoms with Crippen LogP contribution < -0.4 is 0 Å². The minimum Gasteiger partial charge on any atom is -0.371 e. The van der Waals surface area contributed by atoms with Crippen LogP contribution in [0, 0.1) is 0 Å². The molecule has 1 fully saturated rings. The fraction of sp³-hybridized carbons (Fsp3) is 0.538. The van der Waals surface area contributed by atoms with Gasteiger partial charge in [0.15, 0.2) is 0 Å². The third kappa shape index (κ3) is 3.10. The Morgan fingerprint density at radius 1 is 1.33 bits per heavy atom. The fourth-order valence-electron chi connectivity index (χ4n) is 2.10. The summed E-state index contributed by atoms with van der Waals surface area (Å²) >= 11 is 0. The summed E-state index contributed by atoms with van der Waals surface area (Å²) in [6.45, 7) is 3.41. The molecule has 2 rings (SSSR count). The number of hydrogen-bond acceptors (Lipinski definition) is 3. The number of nitrogens with zero attached hydrogens (tertiary/aromatic N) is 1. The first-order valence-corrected chi connectivity index (χ1v) is 8.01. The monoisotopic (exact) mass is 269 g/mol. The summed E-state index contributed by atoms with van der Waals surface area (Å²) in [6.07, 6.45) is 2.09. The van der Waals surface area contributed by atoms with Crippen molar-refractivity contribution < 1.29 is 13.2 Å². The molecule has 0 N–H and O–H groups in total. The minimum atomic E-state index is -3.13. The molecule has 1 aromatic carbocycles. The van der Waals surface area contributed by atoms with Gasteiger partial charge in [-0.1, -0.05) is 31.2 Å². The second-order valence-electron chi connectivity index (χ2n) is 4.58. The highest BCUT2D eigenvalue weighted by atomic mass is 32.2. The van der Waals surface area contributed by atoms with Crippen LogP contribution in [0.2, 0.25) is 0 Å². The highest BCUT2D eigenvalue weighted by molar-refractivity contribution is 7.88. The normalized spacial score (nSPS) is 22.0. The van der Waals surface area contributed by atoms with Crippen molar-refractivity contribution >= 4 is 10.0 Å². The first-order valence-electron chi connectivity index (χ1n) is 6.16. The van der Waals surface area contributed by atoms with E-state index in [0.717, 1.165) is 12.0 Å². The average Bonchev–Trinajstić information content (AvgIpc) is 2.38. The molecule has 1 unspecified atom stereocenters. The molecule has 0 bridgehead atoms. The molecule has 0 saturated carbocycles. The molecule has 100 valence electrons. The molecule has 0 aliphatic carbocycles.